The highest BCUT2D eigenvalue weighted by molar-refractivity contribution is 7.99. The van der Waals surface area contributed by atoms with Gasteiger partial charge in [0.1, 0.15) is 6.07 Å². The van der Waals surface area contributed by atoms with Crippen molar-refractivity contribution in [1.82, 2.24) is 10.3 Å². The second-order valence-corrected chi connectivity index (χ2v) is 6.27. The van der Waals surface area contributed by atoms with Crippen LogP contribution in [0.5, 0.6) is 0 Å². The Bertz CT molecular complexity index is 676. The maximum atomic E-state index is 11.6. The molecule has 1 aromatic heterocycles. The van der Waals surface area contributed by atoms with Crippen LogP contribution < -0.4 is 10.9 Å². The van der Waals surface area contributed by atoms with Gasteiger partial charge in [-0.15, -0.1) is 0 Å². The van der Waals surface area contributed by atoms with Crippen molar-refractivity contribution in [3.63, 3.8) is 0 Å². The highest BCUT2D eigenvalue weighted by atomic mass is 32.2. The van der Waals surface area contributed by atoms with Crippen LogP contribution in [0.2, 0.25) is 0 Å². The first-order chi connectivity index (χ1) is 10.8. The lowest BCUT2D eigenvalue weighted by Gasteiger charge is -2.08. The molecule has 0 bridgehead atoms. The standard InChI is InChI=1S/C15H19N3O4S/c1-9(2)6-17-13(20)7-22-14(21)8-23-15-11(5-16)10(3)4-12(19)18-15/h4,9H,6-8H2,1-3H3,(H,17,20)(H,18,19). The van der Waals surface area contributed by atoms with E-state index in [4.69, 9.17) is 10.00 Å². The molecule has 0 aromatic carbocycles. The second-order valence-electron chi connectivity index (χ2n) is 5.28. The van der Waals surface area contributed by atoms with Gasteiger partial charge in [0, 0.05) is 12.6 Å². The van der Waals surface area contributed by atoms with Gasteiger partial charge in [-0.3, -0.25) is 14.4 Å². The Kier molecular flexibility index (Phi) is 7.35. The molecular weight excluding hydrogens is 318 g/mol. The number of hydrogen-bond donors (Lipinski definition) is 2. The number of amides is 1. The van der Waals surface area contributed by atoms with Gasteiger partial charge in [-0.25, -0.2) is 0 Å². The zero-order chi connectivity index (χ0) is 17.4. The Morgan fingerprint density at radius 2 is 2.17 bits per heavy atom. The lowest BCUT2D eigenvalue weighted by molar-refractivity contribution is -0.145. The first-order valence-corrected chi connectivity index (χ1v) is 8.01. The SMILES string of the molecule is Cc1cc(=O)[nH]c(SCC(=O)OCC(=O)NCC(C)C)c1C#N. The van der Waals surface area contributed by atoms with Crippen molar-refractivity contribution >= 4 is 23.6 Å². The van der Waals surface area contributed by atoms with Crippen LogP contribution in [0.4, 0.5) is 0 Å². The van der Waals surface area contributed by atoms with Crippen LogP contribution in [-0.2, 0) is 14.3 Å². The highest BCUT2D eigenvalue weighted by Gasteiger charge is 2.12. The van der Waals surface area contributed by atoms with Crippen molar-refractivity contribution in [2.24, 2.45) is 5.92 Å². The van der Waals surface area contributed by atoms with Gasteiger partial charge in [-0.2, -0.15) is 5.26 Å². The molecule has 23 heavy (non-hydrogen) atoms. The number of nitrogens with zero attached hydrogens (tertiary/aromatic N) is 1. The first kappa shape index (κ1) is 18.8. The minimum Gasteiger partial charge on any atom is -0.455 e. The third kappa shape index (κ3) is 6.57. The molecule has 1 amide bonds. The van der Waals surface area contributed by atoms with E-state index in [9.17, 15) is 14.4 Å². The number of aromatic nitrogens is 1. The van der Waals surface area contributed by atoms with E-state index in [2.05, 4.69) is 10.3 Å². The number of pyridine rings is 1. The number of aryl methyl sites for hydroxylation is 1. The summed E-state index contributed by atoms with van der Waals surface area (Å²) in [6.45, 7) is 5.73. The summed E-state index contributed by atoms with van der Waals surface area (Å²) in [4.78, 5) is 37.0. The van der Waals surface area contributed by atoms with E-state index in [1.165, 1.54) is 6.07 Å². The van der Waals surface area contributed by atoms with Gasteiger partial charge < -0.3 is 15.0 Å². The van der Waals surface area contributed by atoms with Crippen LogP contribution in [0.25, 0.3) is 0 Å². The van der Waals surface area contributed by atoms with Crippen molar-refractivity contribution in [3.05, 3.63) is 27.5 Å². The summed E-state index contributed by atoms with van der Waals surface area (Å²) < 4.78 is 4.85. The molecule has 0 fully saturated rings. The number of carbonyl (C=O) groups excluding carboxylic acids is 2. The fourth-order valence-electron chi connectivity index (χ4n) is 1.59. The Balaban J connectivity index is 2.50. The maximum Gasteiger partial charge on any atom is 0.316 e. The van der Waals surface area contributed by atoms with Crippen molar-refractivity contribution in [2.45, 2.75) is 25.8 Å². The van der Waals surface area contributed by atoms with Gasteiger partial charge in [0.2, 0.25) is 5.56 Å². The van der Waals surface area contributed by atoms with Gasteiger partial charge in [-0.1, -0.05) is 25.6 Å². The molecule has 7 nitrogen and oxygen atoms in total. The number of carbonyl (C=O) groups is 2. The van der Waals surface area contributed by atoms with Gasteiger partial charge in [0.05, 0.1) is 16.3 Å². The van der Waals surface area contributed by atoms with E-state index >= 15 is 0 Å². The van der Waals surface area contributed by atoms with Gasteiger partial charge in [0.15, 0.2) is 6.61 Å². The third-order valence-corrected chi connectivity index (χ3v) is 3.70. The van der Waals surface area contributed by atoms with Crippen LogP contribution in [0, 0.1) is 24.2 Å². The number of H-pyrrole nitrogens is 1. The van der Waals surface area contributed by atoms with Crippen LogP contribution in [0.1, 0.15) is 25.0 Å². The smallest absolute Gasteiger partial charge is 0.316 e. The molecule has 0 saturated heterocycles. The van der Waals surface area contributed by atoms with Crippen LogP contribution in [-0.4, -0.2) is 35.8 Å². The van der Waals surface area contributed by atoms with E-state index in [1.54, 1.807) is 6.92 Å². The van der Waals surface area contributed by atoms with E-state index in [0.717, 1.165) is 11.8 Å². The van der Waals surface area contributed by atoms with Crippen molar-refractivity contribution in [1.29, 1.82) is 5.26 Å². The van der Waals surface area contributed by atoms with E-state index in [0.29, 0.717) is 28.6 Å². The third-order valence-electron chi connectivity index (χ3n) is 2.72. The summed E-state index contributed by atoms with van der Waals surface area (Å²) in [5, 5.41) is 12.0. The van der Waals surface area contributed by atoms with Crippen LogP contribution in [0.3, 0.4) is 0 Å². The molecule has 1 heterocycles. The van der Waals surface area contributed by atoms with Crippen molar-refractivity contribution in [3.8, 4) is 6.07 Å². The van der Waals surface area contributed by atoms with Crippen LogP contribution in [0.15, 0.2) is 15.9 Å². The largest absolute Gasteiger partial charge is 0.455 e. The monoisotopic (exact) mass is 337 g/mol. The molecule has 0 atom stereocenters. The molecule has 0 unspecified atom stereocenters. The highest BCUT2D eigenvalue weighted by Crippen LogP contribution is 2.20. The molecule has 0 saturated carbocycles. The molecule has 0 aliphatic heterocycles. The van der Waals surface area contributed by atoms with Gasteiger partial charge in [-0.05, 0) is 18.4 Å². The normalized spacial score (nSPS) is 10.2. The Labute approximate surface area is 138 Å². The number of esters is 1. The molecule has 124 valence electrons. The zero-order valence-corrected chi connectivity index (χ0v) is 14.1. The average molecular weight is 337 g/mol. The first-order valence-electron chi connectivity index (χ1n) is 7.02. The average Bonchev–Trinajstić information content (AvgIpc) is 2.48. The van der Waals surface area contributed by atoms with Crippen molar-refractivity contribution < 1.29 is 14.3 Å². The Morgan fingerprint density at radius 1 is 1.48 bits per heavy atom. The molecule has 0 aliphatic rings. The fourth-order valence-corrected chi connectivity index (χ4v) is 2.46. The number of rotatable bonds is 7. The number of thioether (sulfide) groups is 1. The summed E-state index contributed by atoms with van der Waals surface area (Å²) in [7, 11) is 0. The topological polar surface area (TPSA) is 112 Å². The van der Waals surface area contributed by atoms with Gasteiger partial charge in [0.25, 0.3) is 5.91 Å². The molecular formula is C15H19N3O4S. The Morgan fingerprint density at radius 3 is 2.78 bits per heavy atom. The number of nitrogens with one attached hydrogen (secondary N) is 2. The predicted octanol–water partition coefficient (Wildman–Crippen LogP) is 0.962. The number of hydrogen-bond acceptors (Lipinski definition) is 6. The molecule has 0 radical (unpaired) electrons. The molecule has 1 rings (SSSR count). The summed E-state index contributed by atoms with van der Waals surface area (Å²) in [6.07, 6.45) is 0. The summed E-state index contributed by atoms with van der Waals surface area (Å²) in [6, 6.07) is 3.30. The summed E-state index contributed by atoms with van der Waals surface area (Å²) in [5.41, 5.74) is 0.516. The summed E-state index contributed by atoms with van der Waals surface area (Å²) >= 11 is 0.994. The molecule has 2 N–H and O–H groups in total. The lowest BCUT2D eigenvalue weighted by Crippen LogP contribution is -2.31. The molecule has 8 heteroatoms. The maximum absolute atomic E-state index is 11.6. The van der Waals surface area contributed by atoms with E-state index in [1.807, 2.05) is 19.9 Å². The lowest BCUT2D eigenvalue weighted by atomic mass is 10.2. The van der Waals surface area contributed by atoms with Gasteiger partial charge >= 0.3 is 5.97 Å². The van der Waals surface area contributed by atoms with Crippen LogP contribution >= 0.6 is 11.8 Å². The fraction of sp³-hybridized carbons (Fsp3) is 0.467. The van der Waals surface area contributed by atoms with Crippen molar-refractivity contribution in [2.75, 3.05) is 18.9 Å². The zero-order valence-electron chi connectivity index (χ0n) is 13.3. The van der Waals surface area contributed by atoms with E-state index in [-0.39, 0.29) is 23.8 Å². The molecule has 0 spiro atoms. The number of nitriles is 1. The Hall–Kier alpha value is -2.27. The molecule has 1 aromatic rings. The second kappa shape index (κ2) is 9.00. The molecule has 0 aliphatic carbocycles. The number of aromatic amines is 1. The quantitative estimate of drug-likeness (QED) is 0.566. The number of ether oxygens (including phenoxy) is 1. The van der Waals surface area contributed by atoms with E-state index < -0.39 is 5.97 Å². The minimum absolute atomic E-state index is 0.106. The summed E-state index contributed by atoms with van der Waals surface area (Å²) in [5.74, 6) is -0.752. The minimum atomic E-state index is -0.596. The predicted molar refractivity (Wildman–Crippen MR) is 86.0 cm³/mol.